The predicted octanol–water partition coefficient (Wildman–Crippen LogP) is 3.63. The van der Waals surface area contributed by atoms with Gasteiger partial charge in [-0.25, -0.2) is 13.4 Å². The molecule has 2 heterocycles. The number of thiazole rings is 1. The zero-order valence-corrected chi connectivity index (χ0v) is 14.8. The molecule has 0 unspecified atom stereocenters. The summed E-state index contributed by atoms with van der Waals surface area (Å²) in [5.41, 5.74) is 0.433. The number of halogens is 1. The maximum atomic E-state index is 12.5. The molecule has 1 aliphatic carbocycles. The van der Waals surface area contributed by atoms with E-state index in [0.717, 1.165) is 33.8 Å². The van der Waals surface area contributed by atoms with Crippen LogP contribution in [-0.2, 0) is 15.6 Å². The van der Waals surface area contributed by atoms with Crippen LogP contribution in [0.1, 0.15) is 30.0 Å². The number of thiophene rings is 1. The van der Waals surface area contributed by atoms with Gasteiger partial charge in [0.25, 0.3) is 10.0 Å². The monoisotopic (exact) mass is 392 g/mol. The zero-order chi connectivity index (χ0) is 14.4. The largest absolute Gasteiger partial charge is 0.250 e. The van der Waals surface area contributed by atoms with Gasteiger partial charge in [0.15, 0.2) is 0 Å². The van der Waals surface area contributed by atoms with E-state index in [0.29, 0.717) is 4.21 Å². The van der Waals surface area contributed by atoms with Gasteiger partial charge in [-0.3, -0.25) is 0 Å². The van der Waals surface area contributed by atoms with E-state index in [-0.39, 0.29) is 0 Å². The van der Waals surface area contributed by atoms with Crippen LogP contribution in [0.2, 0.25) is 0 Å². The Morgan fingerprint density at radius 3 is 2.60 bits per heavy atom. The van der Waals surface area contributed by atoms with Gasteiger partial charge in [-0.2, -0.15) is 4.72 Å². The fourth-order valence-corrected chi connectivity index (χ4v) is 6.73. The molecule has 0 spiro atoms. The van der Waals surface area contributed by atoms with E-state index in [2.05, 4.69) is 25.6 Å². The number of sulfonamides is 1. The lowest BCUT2D eigenvalue weighted by Crippen LogP contribution is -2.50. The Kier molecular flexibility index (Phi) is 3.79. The second-order valence-electron chi connectivity index (χ2n) is 4.89. The first-order valence-electron chi connectivity index (χ1n) is 6.13. The molecule has 0 radical (unpaired) electrons. The normalized spacial score (nSPS) is 17.9. The van der Waals surface area contributed by atoms with Crippen LogP contribution in [0.15, 0.2) is 25.5 Å². The van der Waals surface area contributed by atoms with E-state index in [1.807, 2.05) is 12.3 Å². The first-order valence-corrected chi connectivity index (χ1v) is 10.1. The molecule has 20 heavy (non-hydrogen) atoms. The van der Waals surface area contributed by atoms with Crippen molar-refractivity contribution in [2.24, 2.45) is 0 Å². The van der Waals surface area contributed by atoms with Gasteiger partial charge in [0.1, 0.15) is 9.22 Å². The van der Waals surface area contributed by atoms with Crippen molar-refractivity contribution < 1.29 is 8.42 Å². The molecule has 0 bridgehead atoms. The molecule has 0 aliphatic heterocycles. The molecular formula is C12H13BrN2O2S3. The van der Waals surface area contributed by atoms with Gasteiger partial charge in [0, 0.05) is 11.1 Å². The molecule has 0 aromatic carbocycles. The third-order valence-corrected chi connectivity index (χ3v) is 8.19. The zero-order valence-electron chi connectivity index (χ0n) is 10.7. The van der Waals surface area contributed by atoms with Gasteiger partial charge in [-0.15, -0.1) is 22.7 Å². The number of nitrogens with zero attached hydrogens (tertiary/aromatic N) is 1. The van der Waals surface area contributed by atoms with E-state index in [1.165, 1.54) is 22.7 Å². The highest BCUT2D eigenvalue weighted by Gasteiger charge is 2.44. The summed E-state index contributed by atoms with van der Waals surface area (Å²) < 4.78 is 29.0. The van der Waals surface area contributed by atoms with Crippen molar-refractivity contribution in [1.82, 2.24) is 9.71 Å². The standard InChI is InChI=1S/C12H13BrN2O2S3/c1-8-7-18-11(14-8)12(5-2-6-12)15-20(16,17)10-4-3-9(13)19-10/h3-4,7,15H,2,5-6H2,1H3. The number of nitrogens with one attached hydrogen (secondary N) is 1. The molecule has 3 rings (SSSR count). The maximum absolute atomic E-state index is 12.5. The van der Waals surface area contributed by atoms with Crippen LogP contribution in [0.25, 0.3) is 0 Å². The smallest absolute Gasteiger partial charge is 0.245 e. The van der Waals surface area contributed by atoms with Gasteiger partial charge in [0.05, 0.1) is 9.33 Å². The number of hydrogen-bond acceptors (Lipinski definition) is 5. The summed E-state index contributed by atoms with van der Waals surface area (Å²) in [5, 5.41) is 2.84. The predicted molar refractivity (Wildman–Crippen MR) is 84.7 cm³/mol. The van der Waals surface area contributed by atoms with Crippen LogP contribution in [0.5, 0.6) is 0 Å². The first kappa shape index (κ1) is 14.6. The van der Waals surface area contributed by atoms with Crippen LogP contribution < -0.4 is 4.72 Å². The van der Waals surface area contributed by atoms with Crippen molar-refractivity contribution in [2.45, 2.75) is 35.9 Å². The lowest BCUT2D eigenvalue weighted by molar-refractivity contribution is 0.224. The van der Waals surface area contributed by atoms with Crippen LogP contribution in [0.4, 0.5) is 0 Å². The van der Waals surface area contributed by atoms with Crippen LogP contribution >= 0.6 is 38.6 Å². The Hall–Kier alpha value is -0.280. The molecule has 0 saturated heterocycles. The summed E-state index contributed by atoms with van der Waals surface area (Å²) >= 11 is 6.05. The molecule has 4 nitrogen and oxygen atoms in total. The highest BCUT2D eigenvalue weighted by atomic mass is 79.9. The summed E-state index contributed by atoms with van der Waals surface area (Å²) in [6.45, 7) is 1.93. The van der Waals surface area contributed by atoms with Crippen molar-refractivity contribution >= 4 is 48.6 Å². The second kappa shape index (κ2) is 5.17. The molecule has 2 aromatic rings. The lowest BCUT2D eigenvalue weighted by atomic mass is 9.78. The summed E-state index contributed by atoms with van der Waals surface area (Å²) in [4.78, 5) is 4.47. The van der Waals surface area contributed by atoms with Crippen LogP contribution in [0.3, 0.4) is 0 Å². The van der Waals surface area contributed by atoms with E-state index in [9.17, 15) is 8.42 Å². The molecular weight excluding hydrogens is 380 g/mol. The topological polar surface area (TPSA) is 59.1 Å². The van der Waals surface area contributed by atoms with Gasteiger partial charge < -0.3 is 0 Å². The summed E-state index contributed by atoms with van der Waals surface area (Å²) in [6, 6.07) is 3.37. The second-order valence-corrected chi connectivity index (χ2v) is 10.1. The molecule has 1 N–H and O–H groups in total. The fraction of sp³-hybridized carbons (Fsp3) is 0.417. The van der Waals surface area contributed by atoms with Crippen molar-refractivity contribution in [1.29, 1.82) is 0 Å². The van der Waals surface area contributed by atoms with E-state index < -0.39 is 15.6 Å². The van der Waals surface area contributed by atoms with E-state index in [4.69, 9.17) is 0 Å². The van der Waals surface area contributed by atoms with Crippen molar-refractivity contribution in [3.05, 3.63) is 32.0 Å². The Morgan fingerprint density at radius 1 is 1.40 bits per heavy atom. The highest BCUT2D eigenvalue weighted by Crippen LogP contribution is 2.44. The van der Waals surface area contributed by atoms with Crippen LogP contribution in [0, 0.1) is 6.92 Å². The van der Waals surface area contributed by atoms with Gasteiger partial charge in [-0.1, -0.05) is 0 Å². The minimum Gasteiger partial charge on any atom is -0.245 e. The number of hydrogen-bond donors (Lipinski definition) is 1. The van der Waals surface area contributed by atoms with Crippen molar-refractivity contribution in [2.75, 3.05) is 0 Å². The molecule has 0 atom stereocenters. The Morgan fingerprint density at radius 2 is 2.15 bits per heavy atom. The Labute approximate surface area is 134 Å². The highest BCUT2D eigenvalue weighted by molar-refractivity contribution is 9.11. The van der Waals surface area contributed by atoms with E-state index in [1.54, 1.807) is 12.1 Å². The average Bonchev–Trinajstić information content (AvgIpc) is 2.93. The van der Waals surface area contributed by atoms with Crippen molar-refractivity contribution in [3.8, 4) is 0 Å². The quantitative estimate of drug-likeness (QED) is 0.863. The maximum Gasteiger partial charge on any atom is 0.250 e. The third kappa shape index (κ3) is 2.59. The van der Waals surface area contributed by atoms with E-state index >= 15 is 0 Å². The summed E-state index contributed by atoms with van der Waals surface area (Å²) in [5.74, 6) is 0. The fourth-order valence-electron chi connectivity index (χ4n) is 2.21. The minimum atomic E-state index is -3.49. The minimum absolute atomic E-state index is 0.337. The molecule has 1 saturated carbocycles. The van der Waals surface area contributed by atoms with Gasteiger partial charge in [-0.05, 0) is 54.2 Å². The van der Waals surface area contributed by atoms with Crippen molar-refractivity contribution in [3.63, 3.8) is 0 Å². The lowest BCUT2D eigenvalue weighted by Gasteiger charge is -2.40. The van der Waals surface area contributed by atoms with Gasteiger partial charge >= 0.3 is 0 Å². The SMILES string of the molecule is Cc1csc(C2(NS(=O)(=O)c3ccc(Br)s3)CCC2)n1. The molecule has 1 fully saturated rings. The molecule has 2 aromatic heterocycles. The molecule has 1 aliphatic rings. The number of aromatic nitrogens is 1. The Balaban J connectivity index is 1.92. The number of aryl methyl sites for hydroxylation is 1. The summed E-state index contributed by atoms with van der Waals surface area (Å²) in [7, 11) is -3.49. The summed E-state index contributed by atoms with van der Waals surface area (Å²) in [6.07, 6.45) is 2.65. The molecule has 108 valence electrons. The Bertz CT molecular complexity index is 731. The molecule has 8 heteroatoms. The van der Waals surface area contributed by atoms with Crippen LogP contribution in [-0.4, -0.2) is 13.4 Å². The third-order valence-electron chi connectivity index (χ3n) is 3.38. The van der Waals surface area contributed by atoms with Gasteiger partial charge in [0.2, 0.25) is 0 Å². The molecule has 0 amide bonds. The number of rotatable bonds is 4. The average molecular weight is 393 g/mol. The first-order chi connectivity index (χ1) is 9.41.